The van der Waals surface area contributed by atoms with Crippen molar-refractivity contribution in [2.24, 2.45) is 5.73 Å². The minimum atomic E-state index is -1.43. The molecule has 0 bridgehead atoms. The molecule has 13 heteroatoms. The largest absolute Gasteiger partial charge is 0.504 e. The van der Waals surface area contributed by atoms with Crippen molar-refractivity contribution < 1.29 is 42.8 Å². The molecular formula is C28H22F2N4O7. The van der Waals surface area contributed by atoms with Crippen molar-refractivity contribution in [1.82, 2.24) is 9.88 Å². The predicted octanol–water partition coefficient (Wildman–Crippen LogP) is 5.13. The number of amidine groups is 1. The van der Waals surface area contributed by atoms with E-state index < -0.39 is 40.9 Å². The smallest absolute Gasteiger partial charge is 0.335 e. The Hall–Kier alpha value is -5.72. The summed E-state index contributed by atoms with van der Waals surface area (Å²) in [7, 11) is 3.09. The summed E-state index contributed by atoms with van der Waals surface area (Å²) in [5.41, 5.74) is 5.74. The number of pyridine rings is 1. The van der Waals surface area contributed by atoms with Gasteiger partial charge in [0, 0.05) is 25.2 Å². The average Bonchev–Trinajstić information content (AvgIpc) is 2.94. The van der Waals surface area contributed by atoms with E-state index in [-0.39, 0.29) is 45.7 Å². The Morgan fingerprint density at radius 3 is 2.10 bits per heavy atom. The molecule has 4 rings (SSSR count). The average molecular weight is 565 g/mol. The number of hydrogen-bond donors (Lipinski definition) is 4. The summed E-state index contributed by atoms with van der Waals surface area (Å²) in [5, 5.41) is 26.9. The predicted molar refractivity (Wildman–Crippen MR) is 141 cm³/mol. The second kappa shape index (κ2) is 11.6. The maximum atomic E-state index is 15.6. The molecule has 0 atom stereocenters. The van der Waals surface area contributed by atoms with E-state index in [0.717, 1.165) is 12.1 Å². The summed E-state index contributed by atoms with van der Waals surface area (Å²) in [6.45, 7) is 0. The summed E-state index contributed by atoms with van der Waals surface area (Å²) in [4.78, 5) is 28.6. The molecule has 0 aliphatic heterocycles. The number of nitrogens with zero attached hydrogens (tertiary/aromatic N) is 2. The van der Waals surface area contributed by atoms with Crippen molar-refractivity contribution in [1.29, 1.82) is 5.41 Å². The third-order valence-corrected chi connectivity index (χ3v) is 5.48. The number of carbonyl (C=O) groups is 2. The zero-order valence-corrected chi connectivity index (χ0v) is 21.5. The number of amides is 1. The molecule has 1 aromatic heterocycles. The highest BCUT2D eigenvalue weighted by Gasteiger charge is 2.27. The van der Waals surface area contributed by atoms with E-state index >= 15 is 8.78 Å². The van der Waals surface area contributed by atoms with E-state index in [1.54, 1.807) is 14.1 Å². The van der Waals surface area contributed by atoms with E-state index in [0.29, 0.717) is 0 Å². The van der Waals surface area contributed by atoms with E-state index in [1.807, 2.05) is 0 Å². The minimum Gasteiger partial charge on any atom is -0.504 e. The maximum absolute atomic E-state index is 15.6. The molecule has 1 amide bonds. The molecule has 11 nitrogen and oxygen atoms in total. The van der Waals surface area contributed by atoms with Crippen LogP contribution in [-0.4, -0.2) is 51.9 Å². The van der Waals surface area contributed by atoms with Gasteiger partial charge in [-0.1, -0.05) is 6.07 Å². The van der Waals surface area contributed by atoms with Crippen molar-refractivity contribution in [2.75, 3.05) is 14.1 Å². The molecule has 0 saturated carbocycles. The molecule has 4 aromatic rings. The van der Waals surface area contributed by atoms with Gasteiger partial charge in [0.1, 0.15) is 17.3 Å². The van der Waals surface area contributed by atoms with Crippen LogP contribution in [0, 0.1) is 17.0 Å². The van der Waals surface area contributed by atoms with Gasteiger partial charge in [-0.05, 0) is 60.7 Å². The maximum Gasteiger partial charge on any atom is 0.335 e. The molecule has 3 aromatic carbocycles. The molecule has 0 fully saturated rings. The number of halogens is 2. The second-order valence-electron chi connectivity index (χ2n) is 8.64. The van der Waals surface area contributed by atoms with Crippen LogP contribution in [0.5, 0.6) is 40.5 Å². The number of nitrogen functional groups attached to an aromatic ring is 1. The van der Waals surface area contributed by atoms with Gasteiger partial charge in [0.25, 0.3) is 17.7 Å². The fourth-order valence-electron chi connectivity index (χ4n) is 3.42. The van der Waals surface area contributed by atoms with Crippen molar-refractivity contribution in [3.05, 3.63) is 95.1 Å². The number of nitrogens with two attached hydrogens (primary N) is 1. The number of carbonyl (C=O) groups excluding carboxylic acids is 1. The van der Waals surface area contributed by atoms with Crippen LogP contribution in [0.2, 0.25) is 0 Å². The van der Waals surface area contributed by atoms with Crippen LogP contribution in [0.3, 0.4) is 0 Å². The number of phenols is 1. The Kier molecular flexibility index (Phi) is 7.99. The van der Waals surface area contributed by atoms with Crippen molar-refractivity contribution in [2.45, 2.75) is 0 Å². The molecule has 210 valence electrons. The Morgan fingerprint density at radius 1 is 0.854 bits per heavy atom. The summed E-state index contributed by atoms with van der Waals surface area (Å²) in [6, 6.07) is 14.0. The number of hydrogen-bond acceptors (Lipinski definition) is 8. The molecule has 0 saturated heterocycles. The van der Waals surface area contributed by atoms with Crippen molar-refractivity contribution in [3.8, 4) is 40.5 Å². The topological polar surface area (TPSA) is 168 Å². The number of phenolic OH excluding ortho intramolecular Hbond substituents is 1. The molecule has 0 aliphatic carbocycles. The van der Waals surface area contributed by atoms with E-state index in [9.17, 15) is 14.7 Å². The van der Waals surface area contributed by atoms with Crippen LogP contribution in [0.1, 0.15) is 26.3 Å². The first kappa shape index (κ1) is 28.3. The number of carboxylic acids is 1. The number of aromatic nitrogens is 1. The molecular weight excluding hydrogens is 542 g/mol. The van der Waals surface area contributed by atoms with Crippen LogP contribution in [0.4, 0.5) is 8.78 Å². The fourth-order valence-corrected chi connectivity index (χ4v) is 3.42. The molecule has 5 N–H and O–H groups in total. The monoisotopic (exact) mass is 564 g/mol. The number of rotatable bonds is 9. The Balaban J connectivity index is 1.80. The Bertz CT molecular complexity index is 1660. The van der Waals surface area contributed by atoms with Crippen LogP contribution in [0.25, 0.3) is 0 Å². The first-order valence-corrected chi connectivity index (χ1v) is 11.7. The van der Waals surface area contributed by atoms with Crippen LogP contribution < -0.4 is 19.9 Å². The number of carboxylic acid groups (broad SMARTS) is 1. The summed E-state index contributed by atoms with van der Waals surface area (Å²) in [5.74, 6) is -8.45. The van der Waals surface area contributed by atoms with Crippen LogP contribution >= 0.6 is 0 Å². The summed E-state index contributed by atoms with van der Waals surface area (Å²) < 4.78 is 47.6. The molecule has 41 heavy (non-hydrogen) atoms. The van der Waals surface area contributed by atoms with Crippen LogP contribution in [-0.2, 0) is 0 Å². The highest BCUT2D eigenvalue weighted by atomic mass is 19.1. The molecule has 0 spiro atoms. The van der Waals surface area contributed by atoms with Gasteiger partial charge < -0.3 is 35.1 Å². The van der Waals surface area contributed by atoms with Gasteiger partial charge in [-0.25, -0.2) is 4.79 Å². The van der Waals surface area contributed by atoms with Gasteiger partial charge in [0.05, 0.1) is 5.56 Å². The highest BCUT2D eigenvalue weighted by Crippen LogP contribution is 2.41. The second-order valence-corrected chi connectivity index (χ2v) is 8.64. The van der Waals surface area contributed by atoms with E-state index in [4.69, 9.17) is 30.5 Å². The van der Waals surface area contributed by atoms with Gasteiger partial charge >= 0.3 is 5.97 Å². The number of aromatic hydroxyl groups is 1. The summed E-state index contributed by atoms with van der Waals surface area (Å²) in [6.07, 6.45) is 0. The molecule has 1 heterocycles. The Morgan fingerprint density at radius 2 is 1.49 bits per heavy atom. The third kappa shape index (κ3) is 6.30. The molecule has 0 radical (unpaired) electrons. The number of aromatic carboxylic acids is 1. The normalized spacial score (nSPS) is 10.5. The first-order valence-electron chi connectivity index (χ1n) is 11.7. The van der Waals surface area contributed by atoms with Gasteiger partial charge in [-0.3, -0.25) is 10.2 Å². The first-order chi connectivity index (χ1) is 19.4. The standard InChI is InChI=1S/C28H22F2N4O7/c1-34(2)27(36)16-4-3-5-18(12-16)40-25-21(29)23(39-17-9-6-14(7-10-17)28(37)38)22(30)26(33-25)41-20-13-15(24(31)32)8-11-19(20)35/h3-13,35H,1-2H3,(H3,31,32)(H,37,38). The Labute approximate surface area is 231 Å². The van der Waals surface area contributed by atoms with Gasteiger partial charge in [-0.15, -0.1) is 0 Å². The summed E-state index contributed by atoms with van der Waals surface area (Å²) >= 11 is 0. The number of ether oxygens (including phenoxy) is 3. The quantitative estimate of drug-likeness (QED) is 0.159. The lowest BCUT2D eigenvalue weighted by molar-refractivity contribution is 0.0696. The van der Waals surface area contributed by atoms with Gasteiger partial charge in [-0.2, -0.15) is 13.8 Å². The third-order valence-electron chi connectivity index (χ3n) is 5.48. The van der Waals surface area contributed by atoms with Gasteiger partial charge in [0.15, 0.2) is 11.5 Å². The zero-order valence-electron chi connectivity index (χ0n) is 21.5. The van der Waals surface area contributed by atoms with E-state index in [1.165, 1.54) is 59.5 Å². The van der Waals surface area contributed by atoms with E-state index in [2.05, 4.69) is 4.98 Å². The minimum absolute atomic E-state index is 0.0279. The molecule has 0 aliphatic rings. The fraction of sp³-hybridized carbons (Fsp3) is 0.0714. The molecule has 0 unspecified atom stereocenters. The lowest BCUT2D eigenvalue weighted by atomic mass is 10.2. The van der Waals surface area contributed by atoms with Crippen LogP contribution in [0.15, 0.2) is 66.7 Å². The SMILES string of the molecule is CN(C)C(=O)c1cccc(Oc2nc(Oc3cc(C(=N)N)ccc3O)c(F)c(Oc3ccc(C(=O)O)cc3)c2F)c1. The van der Waals surface area contributed by atoms with Crippen molar-refractivity contribution >= 4 is 17.7 Å². The number of nitrogens with one attached hydrogen (secondary N) is 1. The zero-order chi connectivity index (χ0) is 29.8. The van der Waals surface area contributed by atoms with Crippen molar-refractivity contribution in [3.63, 3.8) is 0 Å². The lowest BCUT2D eigenvalue weighted by Gasteiger charge is -2.16. The lowest BCUT2D eigenvalue weighted by Crippen LogP contribution is -2.21. The number of benzene rings is 3. The van der Waals surface area contributed by atoms with Gasteiger partial charge in [0.2, 0.25) is 17.4 Å². The highest BCUT2D eigenvalue weighted by molar-refractivity contribution is 5.95.